The summed E-state index contributed by atoms with van der Waals surface area (Å²) in [5.74, 6) is 0.211. The lowest BCUT2D eigenvalue weighted by atomic mass is 9.92. The van der Waals surface area contributed by atoms with Crippen molar-refractivity contribution < 1.29 is 9.53 Å². The zero-order valence-corrected chi connectivity index (χ0v) is 15.9. The molecule has 1 aromatic carbocycles. The summed E-state index contributed by atoms with van der Waals surface area (Å²) in [6, 6.07) is 7.61. The van der Waals surface area contributed by atoms with Crippen molar-refractivity contribution in [3.8, 4) is 0 Å². The molecule has 2 aromatic rings. The van der Waals surface area contributed by atoms with E-state index in [9.17, 15) is 4.79 Å². The molecule has 2 heterocycles. The second-order valence-corrected chi connectivity index (χ2v) is 6.93. The third-order valence-electron chi connectivity index (χ3n) is 4.63. The Morgan fingerprint density at radius 3 is 3.04 bits per heavy atom. The maximum Gasteiger partial charge on any atom is 0.221 e. The number of amides is 1. The Kier molecular flexibility index (Phi) is 6.16. The summed E-state index contributed by atoms with van der Waals surface area (Å²) in [4.78, 5) is 11.3. The Labute approximate surface area is 158 Å². The molecular weight excluding hydrogens is 352 g/mol. The van der Waals surface area contributed by atoms with Gasteiger partial charge in [0, 0.05) is 44.4 Å². The first-order valence-electron chi connectivity index (χ1n) is 9.02. The summed E-state index contributed by atoms with van der Waals surface area (Å²) in [7, 11) is 0. The van der Waals surface area contributed by atoms with Crippen molar-refractivity contribution in [1.29, 1.82) is 0 Å². The van der Waals surface area contributed by atoms with E-state index in [4.69, 9.17) is 16.3 Å². The number of ether oxygens (including phenoxy) is 1. The normalized spacial score (nSPS) is 20.0. The van der Waals surface area contributed by atoms with Crippen LogP contribution in [0.3, 0.4) is 0 Å². The predicted molar refractivity (Wildman–Crippen MR) is 104 cm³/mol. The summed E-state index contributed by atoms with van der Waals surface area (Å²) >= 11 is 6.14. The Morgan fingerprint density at radius 1 is 1.42 bits per heavy atom. The fourth-order valence-corrected chi connectivity index (χ4v) is 3.56. The topological polar surface area (TPSA) is 68.2 Å². The molecule has 1 saturated heterocycles. The van der Waals surface area contributed by atoms with Crippen molar-refractivity contribution in [2.75, 3.05) is 23.8 Å². The monoisotopic (exact) mass is 376 g/mol. The van der Waals surface area contributed by atoms with Gasteiger partial charge in [-0.1, -0.05) is 11.6 Å². The largest absolute Gasteiger partial charge is 0.385 e. The van der Waals surface area contributed by atoms with Crippen molar-refractivity contribution in [3.63, 3.8) is 0 Å². The molecule has 1 amide bonds. The molecule has 1 fully saturated rings. The van der Waals surface area contributed by atoms with Gasteiger partial charge in [-0.05, 0) is 44.0 Å². The van der Waals surface area contributed by atoms with Gasteiger partial charge in [-0.25, -0.2) is 0 Å². The molecule has 1 aliphatic heterocycles. The lowest BCUT2D eigenvalue weighted by Gasteiger charge is -2.32. The number of aromatic nitrogens is 2. The smallest absolute Gasteiger partial charge is 0.221 e. The molecule has 0 radical (unpaired) electrons. The maximum absolute atomic E-state index is 11.3. The van der Waals surface area contributed by atoms with Crippen LogP contribution in [0.5, 0.6) is 0 Å². The summed E-state index contributed by atoms with van der Waals surface area (Å²) in [5, 5.41) is 11.1. The molecule has 140 valence electrons. The number of carbonyl (C=O) groups excluding carboxylic acids is 1. The lowest BCUT2D eigenvalue weighted by Crippen LogP contribution is -2.30. The summed E-state index contributed by atoms with van der Waals surface area (Å²) in [6.07, 6.45) is 4.03. The van der Waals surface area contributed by atoms with Gasteiger partial charge >= 0.3 is 0 Å². The van der Waals surface area contributed by atoms with E-state index in [1.54, 1.807) is 6.07 Å². The minimum Gasteiger partial charge on any atom is -0.385 e. The highest BCUT2D eigenvalue weighted by atomic mass is 35.5. The van der Waals surface area contributed by atoms with E-state index >= 15 is 0 Å². The van der Waals surface area contributed by atoms with Crippen LogP contribution >= 0.6 is 11.6 Å². The Balaban J connectivity index is 1.70. The van der Waals surface area contributed by atoms with Gasteiger partial charge < -0.3 is 15.4 Å². The van der Waals surface area contributed by atoms with E-state index in [2.05, 4.69) is 22.7 Å². The minimum absolute atomic E-state index is 0.0424. The molecule has 0 spiro atoms. The van der Waals surface area contributed by atoms with Gasteiger partial charge in [0.15, 0.2) is 0 Å². The van der Waals surface area contributed by atoms with E-state index in [1.165, 1.54) is 6.92 Å². The zero-order valence-electron chi connectivity index (χ0n) is 15.2. The number of benzene rings is 1. The highest BCUT2D eigenvalue weighted by Gasteiger charge is 2.29. The Bertz CT molecular complexity index is 762. The third-order valence-corrected chi connectivity index (χ3v) is 4.96. The van der Waals surface area contributed by atoms with Crippen molar-refractivity contribution in [1.82, 2.24) is 9.78 Å². The van der Waals surface area contributed by atoms with Crippen LogP contribution in [0, 0.1) is 5.92 Å². The molecule has 7 heteroatoms. The van der Waals surface area contributed by atoms with Crippen LogP contribution in [0.15, 0.2) is 30.5 Å². The minimum atomic E-state index is -0.141. The molecule has 2 N–H and O–H groups in total. The lowest BCUT2D eigenvalue weighted by molar-refractivity contribution is -0.114. The van der Waals surface area contributed by atoms with E-state index in [1.807, 2.05) is 29.1 Å². The number of anilines is 2. The number of aryl methyl sites for hydroxylation is 1. The number of carbonyl (C=O) groups is 1. The Morgan fingerprint density at radius 2 is 2.27 bits per heavy atom. The van der Waals surface area contributed by atoms with Gasteiger partial charge in [0.05, 0.1) is 16.4 Å². The summed E-state index contributed by atoms with van der Waals surface area (Å²) in [5.41, 5.74) is 2.67. The summed E-state index contributed by atoms with van der Waals surface area (Å²) in [6.45, 7) is 5.95. The van der Waals surface area contributed by atoms with Crippen LogP contribution in [0.25, 0.3) is 0 Å². The van der Waals surface area contributed by atoms with Gasteiger partial charge in [0.25, 0.3) is 0 Å². The average molecular weight is 377 g/mol. The second-order valence-electron chi connectivity index (χ2n) is 6.52. The van der Waals surface area contributed by atoms with Crippen LogP contribution in [0.2, 0.25) is 5.02 Å². The molecule has 2 atom stereocenters. The van der Waals surface area contributed by atoms with E-state index in [-0.39, 0.29) is 12.0 Å². The summed E-state index contributed by atoms with van der Waals surface area (Å²) < 4.78 is 8.08. The van der Waals surface area contributed by atoms with Gasteiger partial charge in [0.2, 0.25) is 5.91 Å². The van der Waals surface area contributed by atoms with Crippen molar-refractivity contribution in [3.05, 3.63) is 41.2 Å². The number of nitrogens with one attached hydrogen (secondary N) is 2. The molecular formula is C19H25ClN4O2. The first kappa shape index (κ1) is 18.7. The molecule has 3 rings (SSSR count). The van der Waals surface area contributed by atoms with Crippen molar-refractivity contribution in [2.45, 2.75) is 39.3 Å². The number of nitrogens with zero attached hydrogens (tertiary/aromatic N) is 2. The highest BCUT2D eigenvalue weighted by molar-refractivity contribution is 6.33. The maximum atomic E-state index is 11.3. The zero-order chi connectivity index (χ0) is 18.5. The van der Waals surface area contributed by atoms with E-state index < -0.39 is 0 Å². The molecule has 6 nitrogen and oxygen atoms in total. The quantitative estimate of drug-likeness (QED) is 0.796. The van der Waals surface area contributed by atoms with Crippen LogP contribution in [0.4, 0.5) is 11.4 Å². The van der Waals surface area contributed by atoms with Gasteiger partial charge in [-0.3, -0.25) is 9.48 Å². The van der Waals surface area contributed by atoms with Crippen molar-refractivity contribution in [2.24, 2.45) is 5.92 Å². The SMILES string of the molecule is CCn1nccc1[C@@H]1OCCC[C@H]1CNc1ccc(Cl)c(NC(C)=O)c1. The van der Waals surface area contributed by atoms with E-state index in [0.29, 0.717) is 16.6 Å². The first-order valence-corrected chi connectivity index (χ1v) is 9.40. The highest BCUT2D eigenvalue weighted by Crippen LogP contribution is 2.34. The molecule has 0 bridgehead atoms. The number of hydrogen-bond acceptors (Lipinski definition) is 4. The van der Waals surface area contributed by atoms with Gasteiger partial charge in [-0.2, -0.15) is 5.10 Å². The van der Waals surface area contributed by atoms with Crippen LogP contribution < -0.4 is 10.6 Å². The van der Waals surface area contributed by atoms with E-state index in [0.717, 1.165) is 43.9 Å². The third kappa shape index (κ3) is 4.37. The molecule has 0 saturated carbocycles. The molecule has 26 heavy (non-hydrogen) atoms. The molecule has 1 aliphatic rings. The second kappa shape index (κ2) is 8.56. The standard InChI is InChI=1S/C19H25ClN4O2/c1-3-24-18(8-9-22-24)19-14(5-4-10-26-19)12-21-15-6-7-16(20)17(11-15)23-13(2)25/h6-9,11,14,19,21H,3-5,10,12H2,1-2H3,(H,23,25)/t14-,19+/m0/s1. The fraction of sp³-hybridized carbons (Fsp3) is 0.474. The number of hydrogen-bond donors (Lipinski definition) is 2. The molecule has 0 aliphatic carbocycles. The fourth-order valence-electron chi connectivity index (χ4n) is 3.40. The number of rotatable bonds is 6. The van der Waals surface area contributed by atoms with Crippen LogP contribution in [-0.4, -0.2) is 28.8 Å². The average Bonchev–Trinajstić information content (AvgIpc) is 3.11. The van der Waals surface area contributed by atoms with Crippen LogP contribution in [0.1, 0.15) is 38.5 Å². The van der Waals surface area contributed by atoms with Crippen molar-refractivity contribution >= 4 is 28.9 Å². The van der Waals surface area contributed by atoms with Gasteiger partial charge in [-0.15, -0.1) is 0 Å². The Hall–Kier alpha value is -2.05. The first-order chi connectivity index (χ1) is 12.6. The van der Waals surface area contributed by atoms with Crippen LogP contribution in [-0.2, 0) is 16.1 Å². The number of halogens is 1. The van der Waals surface area contributed by atoms with Gasteiger partial charge in [0.1, 0.15) is 6.10 Å². The predicted octanol–water partition coefficient (Wildman–Crippen LogP) is 4.09. The molecule has 0 unspecified atom stereocenters. The molecule has 1 aromatic heterocycles.